The molecule has 0 bridgehead atoms. The standard InChI is InChI=1S/C27H37N3O2/c1-17-14-20-21-8-7-18(15-23(31)29-19-6-5-13-28-16-19)26(21,2)11-9-22(20)27(3)12-10-24(32)30(4)25(17)27/h5-6,13,16,18,20-22H,7-12,14-15H2,1-4H3,(H,29,31)/t18-,20?,21+,22?,26-,27-/m1/s1. The van der Waals surface area contributed by atoms with Gasteiger partial charge in [0.1, 0.15) is 0 Å². The number of hydrogen-bond donors (Lipinski definition) is 1. The maximum atomic E-state index is 12.8. The Morgan fingerprint density at radius 2 is 2.03 bits per heavy atom. The smallest absolute Gasteiger partial charge is 0.226 e. The fourth-order valence-electron chi connectivity index (χ4n) is 8.43. The van der Waals surface area contributed by atoms with E-state index in [9.17, 15) is 9.59 Å². The number of carbonyl (C=O) groups excluding carboxylic acids is 2. The molecule has 1 aromatic heterocycles. The number of rotatable bonds is 3. The molecule has 1 aliphatic heterocycles. The van der Waals surface area contributed by atoms with Crippen LogP contribution in [0.4, 0.5) is 5.69 Å². The predicted octanol–water partition coefficient (Wildman–Crippen LogP) is 5.41. The average molecular weight is 436 g/mol. The fraction of sp³-hybridized carbons (Fsp3) is 0.667. The van der Waals surface area contributed by atoms with Gasteiger partial charge in [-0.3, -0.25) is 14.6 Å². The van der Waals surface area contributed by atoms with Crippen LogP contribution >= 0.6 is 0 Å². The van der Waals surface area contributed by atoms with E-state index in [1.807, 2.05) is 24.1 Å². The first-order chi connectivity index (χ1) is 15.2. The number of likely N-dealkylation sites (tertiary alicyclic amines) is 1. The highest BCUT2D eigenvalue weighted by Crippen LogP contribution is 2.67. The number of carbonyl (C=O) groups is 2. The summed E-state index contributed by atoms with van der Waals surface area (Å²) in [6.07, 6.45) is 11.6. The van der Waals surface area contributed by atoms with Gasteiger partial charge in [0, 0.05) is 37.2 Å². The summed E-state index contributed by atoms with van der Waals surface area (Å²) in [6.45, 7) is 7.16. The van der Waals surface area contributed by atoms with Crippen LogP contribution in [0.3, 0.4) is 0 Å². The second-order valence-corrected chi connectivity index (χ2v) is 11.4. The van der Waals surface area contributed by atoms with Crippen LogP contribution in [-0.4, -0.2) is 28.7 Å². The molecule has 5 nitrogen and oxygen atoms in total. The topological polar surface area (TPSA) is 62.3 Å². The molecule has 3 fully saturated rings. The highest BCUT2D eigenvalue weighted by molar-refractivity contribution is 5.90. The van der Waals surface area contributed by atoms with Crippen molar-refractivity contribution in [2.45, 2.75) is 72.1 Å². The minimum Gasteiger partial charge on any atom is -0.325 e. The number of nitrogens with one attached hydrogen (secondary N) is 1. The Hall–Kier alpha value is -2.17. The van der Waals surface area contributed by atoms with Crippen molar-refractivity contribution in [1.82, 2.24) is 9.88 Å². The third kappa shape index (κ3) is 3.22. The molecule has 2 unspecified atom stereocenters. The van der Waals surface area contributed by atoms with Gasteiger partial charge in [-0.1, -0.05) is 19.4 Å². The van der Waals surface area contributed by atoms with E-state index in [0.29, 0.717) is 36.5 Å². The van der Waals surface area contributed by atoms with Gasteiger partial charge in [0.25, 0.3) is 0 Å². The first-order valence-electron chi connectivity index (χ1n) is 12.4. The van der Waals surface area contributed by atoms with Gasteiger partial charge in [0.2, 0.25) is 11.8 Å². The zero-order valence-corrected chi connectivity index (χ0v) is 20.0. The van der Waals surface area contributed by atoms with Crippen molar-refractivity contribution in [3.63, 3.8) is 0 Å². The second kappa shape index (κ2) is 7.71. The monoisotopic (exact) mass is 435 g/mol. The van der Waals surface area contributed by atoms with Crippen molar-refractivity contribution in [3.8, 4) is 0 Å². The number of aromatic nitrogens is 1. The van der Waals surface area contributed by atoms with Crippen molar-refractivity contribution in [1.29, 1.82) is 0 Å². The third-order valence-corrected chi connectivity index (χ3v) is 9.88. The summed E-state index contributed by atoms with van der Waals surface area (Å²) in [5.41, 5.74) is 3.88. The Bertz CT molecular complexity index is 957. The molecule has 3 aliphatic carbocycles. The van der Waals surface area contributed by atoms with Crippen molar-refractivity contribution in [3.05, 3.63) is 35.8 Å². The molecule has 1 saturated heterocycles. The molecular weight excluding hydrogens is 398 g/mol. The lowest BCUT2D eigenvalue weighted by atomic mass is 9.48. The molecule has 2 heterocycles. The van der Waals surface area contributed by atoms with E-state index in [1.165, 1.54) is 30.5 Å². The Labute approximate surface area is 192 Å². The van der Waals surface area contributed by atoms with Crippen LogP contribution in [-0.2, 0) is 9.59 Å². The minimum absolute atomic E-state index is 0.118. The summed E-state index contributed by atoms with van der Waals surface area (Å²) in [6, 6.07) is 3.75. The number of anilines is 1. The zero-order chi connectivity index (χ0) is 22.7. The van der Waals surface area contributed by atoms with Crippen LogP contribution in [0, 0.1) is 34.5 Å². The highest BCUT2D eigenvalue weighted by Gasteiger charge is 2.60. The minimum atomic E-state index is 0.118. The number of amides is 2. The largest absolute Gasteiger partial charge is 0.325 e. The van der Waals surface area contributed by atoms with Gasteiger partial charge in [-0.15, -0.1) is 0 Å². The van der Waals surface area contributed by atoms with Gasteiger partial charge in [-0.25, -0.2) is 0 Å². The number of fused-ring (bicyclic) bond motifs is 5. The summed E-state index contributed by atoms with van der Waals surface area (Å²) in [5.74, 6) is 2.84. The molecule has 5 heteroatoms. The van der Waals surface area contributed by atoms with E-state index < -0.39 is 0 Å². The summed E-state index contributed by atoms with van der Waals surface area (Å²) in [7, 11) is 1.98. The van der Waals surface area contributed by atoms with Gasteiger partial charge in [0.05, 0.1) is 11.9 Å². The molecule has 0 radical (unpaired) electrons. The van der Waals surface area contributed by atoms with Crippen molar-refractivity contribution >= 4 is 17.5 Å². The van der Waals surface area contributed by atoms with Crippen LogP contribution in [0.15, 0.2) is 35.8 Å². The van der Waals surface area contributed by atoms with Crippen LogP contribution in [0.1, 0.15) is 72.1 Å². The van der Waals surface area contributed by atoms with Gasteiger partial charge in [-0.2, -0.15) is 0 Å². The Kier molecular flexibility index (Phi) is 5.22. The van der Waals surface area contributed by atoms with E-state index >= 15 is 0 Å². The first-order valence-corrected chi connectivity index (χ1v) is 12.4. The molecule has 32 heavy (non-hydrogen) atoms. The summed E-state index contributed by atoms with van der Waals surface area (Å²) >= 11 is 0. The van der Waals surface area contributed by atoms with E-state index in [-0.39, 0.29) is 22.6 Å². The van der Waals surface area contributed by atoms with Crippen LogP contribution < -0.4 is 5.32 Å². The summed E-state index contributed by atoms with van der Waals surface area (Å²) in [4.78, 5) is 31.4. The molecule has 5 rings (SSSR count). The van der Waals surface area contributed by atoms with Crippen molar-refractivity contribution in [2.75, 3.05) is 12.4 Å². The molecule has 0 aromatic carbocycles. The molecular formula is C27H37N3O2. The highest BCUT2D eigenvalue weighted by atomic mass is 16.2. The lowest BCUT2D eigenvalue weighted by molar-refractivity contribution is -0.136. The molecule has 2 saturated carbocycles. The number of piperidine rings is 1. The first kappa shape index (κ1) is 21.7. The van der Waals surface area contributed by atoms with Crippen LogP contribution in [0.5, 0.6) is 0 Å². The number of pyridine rings is 1. The number of hydrogen-bond acceptors (Lipinski definition) is 3. The molecule has 2 amide bonds. The third-order valence-electron chi connectivity index (χ3n) is 9.88. The summed E-state index contributed by atoms with van der Waals surface area (Å²) in [5, 5.41) is 3.05. The predicted molar refractivity (Wildman–Crippen MR) is 125 cm³/mol. The number of nitrogens with zero attached hydrogens (tertiary/aromatic N) is 2. The molecule has 4 aliphatic rings. The number of allylic oxidation sites excluding steroid dienone is 2. The van der Waals surface area contributed by atoms with Crippen LogP contribution in [0.25, 0.3) is 0 Å². The van der Waals surface area contributed by atoms with E-state index in [2.05, 4.69) is 31.1 Å². The van der Waals surface area contributed by atoms with Gasteiger partial charge < -0.3 is 10.2 Å². The SMILES string of the molecule is CC1=C2N(C)C(=O)CC[C@]2(C)C2CC[C@]3(C)[C@@H](CC(=O)Nc4cccnc4)CC[C@H]3C2C1. The van der Waals surface area contributed by atoms with Gasteiger partial charge in [0.15, 0.2) is 0 Å². The average Bonchev–Trinajstić information content (AvgIpc) is 3.08. The lowest BCUT2D eigenvalue weighted by Gasteiger charge is -2.59. The Morgan fingerprint density at radius 1 is 1.22 bits per heavy atom. The molecule has 0 spiro atoms. The van der Waals surface area contributed by atoms with Gasteiger partial charge in [-0.05, 0) is 86.7 Å². The Balaban J connectivity index is 1.36. The van der Waals surface area contributed by atoms with Gasteiger partial charge >= 0.3 is 0 Å². The van der Waals surface area contributed by atoms with E-state index in [1.54, 1.807) is 12.4 Å². The van der Waals surface area contributed by atoms with Crippen molar-refractivity contribution in [2.24, 2.45) is 34.5 Å². The van der Waals surface area contributed by atoms with Crippen LogP contribution in [0.2, 0.25) is 0 Å². The quantitative estimate of drug-likeness (QED) is 0.691. The zero-order valence-electron chi connectivity index (χ0n) is 20.0. The maximum absolute atomic E-state index is 12.8. The Morgan fingerprint density at radius 3 is 2.78 bits per heavy atom. The molecule has 6 atom stereocenters. The van der Waals surface area contributed by atoms with Crippen molar-refractivity contribution < 1.29 is 9.59 Å². The molecule has 172 valence electrons. The lowest BCUT2D eigenvalue weighted by Crippen LogP contribution is -2.54. The summed E-state index contributed by atoms with van der Waals surface area (Å²) < 4.78 is 0. The second-order valence-electron chi connectivity index (χ2n) is 11.4. The fourth-order valence-corrected chi connectivity index (χ4v) is 8.43. The van der Waals surface area contributed by atoms with E-state index in [4.69, 9.17) is 0 Å². The molecule has 1 N–H and O–H groups in total. The molecule has 1 aromatic rings. The normalized spacial score (nSPS) is 38.8. The maximum Gasteiger partial charge on any atom is 0.226 e. The van der Waals surface area contributed by atoms with E-state index in [0.717, 1.165) is 24.9 Å².